The highest BCUT2D eigenvalue weighted by molar-refractivity contribution is 7.99. The third-order valence-corrected chi connectivity index (χ3v) is 4.52. The van der Waals surface area contributed by atoms with E-state index >= 15 is 0 Å². The van der Waals surface area contributed by atoms with E-state index in [-0.39, 0.29) is 11.6 Å². The number of benzene rings is 1. The summed E-state index contributed by atoms with van der Waals surface area (Å²) in [7, 11) is -2.99. The lowest BCUT2D eigenvalue weighted by Gasteiger charge is -2.08. The molecule has 0 saturated carbocycles. The Labute approximate surface area is 115 Å². The van der Waals surface area contributed by atoms with Crippen molar-refractivity contribution >= 4 is 27.4 Å². The molecular weight excluding hydrogens is 291 g/mol. The third kappa shape index (κ3) is 5.48. The molecule has 0 spiro atoms. The van der Waals surface area contributed by atoms with E-state index in [0.717, 1.165) is 0 Å². The normalized spacial score (nSPS) is 12.6. The Hall–Kier alpha value is -1.28. The molecule has 0 radical (unpaired) electrons. The highest BCUT2D eigenvalue weighted by Gasteiger charge is 2.09. The van der Waals surface area contributed by atoms with E-state index in [0.29, 0.717) is 22.6 Å². The maximum absolute atomic E-state index is 13.1. The summed E-state index contributed by atoms with van der Waals surface area (Å²) in [6, 6.07) is 4.00. The van der Waals surface area contributed by atoms with Gasteiger partial charge in [0.1, 0.15) is 15.7 Å². The quantitative estimate of drug-likeness (QED) is 0.271. The largest absolute Gasteiger partial charge is 0.409 e. The lowest BCUT2D eigenvalue weighted by molar-refractivity contribution is 0.318. The molecule has 0 aliphatic carbocycles. The molecule has 5 nitrogen and oxygen atoms in total. The Morgan fingerprint density at radius 1 is 1.53 bits per heavy atom. The highest BCUT2D eigenvalue weighted by Crippen LogP contribution is 2.18. The van der Waals surface area contributed by atoms with Gasteiger partial charge in [0.25, 0.3) is 0 Å². The summed E-state index contributed by atoms with van der Waals surface area (Å²) < 4.78 is 35.1. The standard InChI is InChI=1S/C11H15FN2O3S2/c1-19(16,17)5-4-18-7-8-2-3-9(12)6-10(8)11(13)14-15/h2-3,6,15H,4-5,7H2,1H3,(H2,13,14). The first-order valence-corrected chi connectivity index (χ1v) is 8.57. The fraction of sp³-hybridized carbons (Fsp3) is 0.364. The van der Waals surface area contributed by atoms with Crippen LogP contribution in [0.25, 0.3) is 0 Å². The van der Waals surface area contributed by atoms with Crippen LogP contribution in [0.3, 0.4) is 0 Å². The predicted octanol–water partition coefficient (Wildman–Crippen LogP) is 1.20. The van der Waals surface area contributed by atoms with Crippen LogP contribution in [0.4, 0.5) is 4.39 Å². The van der Waals surface area contributed by atoms with Crippen molar-refractivity contribution in [2.75, 3.05) is 17.8 Å². The van der Waals surface area contributed by atoms with E-state index in [1.165, 1.54) is 36.2 Å². The van der Waals surface area contributed by atoms with Crippen molar-refractivity contribution in [3.05, 3.63) is 35.1 Å². The number of nitrogens with two attached hydrogens (primary N) is 1. The van der Waals surface area contributed by atoms with Gasteiger partial charge in [-0.05, 0) is 17.7 Å². The molecule has 0 aromatic heterocycles. The predicted molar refractivity (Wildman–Crippen MR) is 74.8 cm³/mol. The number of hydrogen-bond acceptors (Lipinski definition) is 5. The first-order chi connectivity index (χ1) is 8.83. The fourth-order valence-corrected chi connectivity index (χ4v) is 3.66. The zero-order chi connectivity index (χ0) is 14.5. The van der Waals surface area contributed by atoms with Crippen molar-refractivity contribution in [2.45, 2.75) is 5.75 Å². The van der Waals surface area contributed by atoms with E-state index in [2.05, 4.69) is 5.16 Å². The van der Waals surface area contributed by atoms with Gasteiger partial charge in [0.05, 0.1) is 5.75 Å². The minimum Gasteiger partial charge on any atom is -0.409 e. The van der Waals surface area contributed by atoms with Crippen molar-refractivity contribution in [3.8, 4) is 0 Å². The molecule has 0 amide bonds. The number of amidine groups is 1. The van der Waals surface area contributed by atoms with Gasteiger partial charge < -0.3 is 10.9 Å². The van der Waals surface area contributed by atoms with Gasteiger partial charge >= 0.3 is 0 Å². The minimum absolute atomic E-state index is 0.0811. The number of halogens is 1. The Kier molecular flexibility index (Phi) is 5.61. The zero-order valence-corrected chi connectivity index (χ0v) is 12.0. The molecule has 1 rings (SSSR count). The molecule has 0 heterocycles. The van der Waals surface area contributed by atoms with E-state index in [4.69, 9.17) is 10.9 Å². The monoisotopic (exact) mass is 306 g/mol. The molecule has 0 bridgehead atoms. The number of oxime groups is 1. The summed E-state index contributed by atoms with van der Waals surface area (Å²) in [5, 5.41) is 11.5. The summed E-state index contributed by atoms with van der Waals surface area (Å²) in [6.07, 6.45) is 1.17. The number of hydrogen-bond donors (Lipinski definition) is 2. The maximum atomic E-state index is 13.1. The van der Waals surface area contributed by atoms with Crippen LogP contribution in [0.1, 0.15) is 11.1 Å². The van der Waals surface area contributed by atoms with Crippen LogP contribution in [0, 0.1) is 5.82 Å². The Balaban J connectivity index is 2.73. The summed E-state index contributed by atoms with van der Waals surface area (Å²) in [4.78, 5) is 0. The molecule has 8 heteroatoms. The van der Waals surface area contributed by atoms with E-state index in [9.17, 15) is 12.8 Å². The molecular formula is C11H15FN2O3S2. The molecule has 106 valence electrons. The maximum Gasteiger partial charge on any atom is 0.170 e. The van der Waals surface area contributed by atoms with Crippen LogP contribution in [0.2, 0.25) is 0 Å². The summed E-state index contributed by atoms with van der Waals surface area (Å²) in [6.45, 7) is 0. The minimum atomic E-state index is -2.99. The van der Waals surface area contributed by atoms with Gasteiger partial charge in [0.2, 0.25) is 0 Å². The van der Waals surface area contributed by atoms with Crippen molar-refractivity contribution in [2.24, 2.45) is 10.9 Å². The van der Waals surface area contributed by atoms with E-state index in [1.54, 1.807) is 0 Å². The van der Waals surface area contributed by atoms with Crippen LogP contribution in [0.5, 0.6) is 0 Å². The second-order valence-corrected chi connectivity index (χ2v) is 7.33. The average Bonchev–Trinajstić information content (AvgIpc) is 2.33. The van der Waals surface area contributed by atoms with Crippen molar-refractivity contribution in [3.63, 3.8) is 0 Å². The van der Waals surface area contributed by atoms with E-state index < -0.39 is 15.7 Å². The van der Waals surface area contributed by atoms with Crippen LogP contribution in [-0.2, 0) is 15.6 Å². The molecule has 0 fully saturated rings. The SMILES string of the molecule is CS(=O)(=O)CCSCc1ccc(F)cc1C(N)=NO. The molecule has 0 atom stereocenters. The topological polar surface area (TPSA) is 92.8 Å². The highest BCUT2D eigenvalue weighted by atomic mass is 32.2. The van der Waals surface area contributed by atoms with Gasteiger partial charge in [-0.1, -0.05) is 11.2 Å². The van der Waals surface area contributed by atoms with Gasteiger partial charge in [-0.2, -0.15) is 11.8 Å². The van der Waals surface area contributed by atoms with Gasteiger partial charge in [-0.3, -0.25) is 0 Å². The first-order valence-electron chi connectivity index (χ1n) is 5.35. The van der Waals surface area contributed by atoms with Crippen molar-refractivity contribution < 1.29 is 18.0 Å². The average molecular weight is 306 g/mol. The van der Waals surface area contributed by atoms with Crippen LogP contribution in [-0.4, -0.2) is 37.2 Å². The van der Waals surface area contributed by atoms with Crippen LogP contribution >= 0.6 is 11.8 Å². The van der Waals surface area contributed by atoms with Gasteiger partial charge in [-0.25, -0.2) is 12.8 Å². The summed E-state index contributed by atoms with van der Waals surface area (Å²) >= 11 is 1.39. The summed E-state index contributed by atoms with van der Waals surface area (Å²) in [5.41, 5.74) is 6.47. The first kappa shape index (κ1) is 15.8. The molecule has 0 aliphatic heterocycles. The smallest absolute Gasteiger partial charge is 0.170 e. The Morgan fingerprint density at radius 3 is 2.79 bits per heavy atom. The summed E-state index contributed by atoms with van der Waals surface area (Å²) in [5.74, 6) is 0.329. The second kappa shape index (κ2) is 6.76. The Bertz CT molecular complexity index is 573. The molecule has 1 aromatic rings. The number of nitrogens with zero attached hydrogens (tertiary/aromatic N) is 1. The molecule has 0 aliphatic rings. The lowest BCUT2D eigenvalue weighted by Crippen LogP contribution is -2.16. The number of thioether (sulfide) groups is 1. The molecule has 3 N–H and O–H groups in total. The van der Waals surface area contributed by atoms with Gasteiger partial charge in [-0.15, -0.1) is 0 Å². The van der Waals surface area contributed by atoms with Gasteiger partial charge in [0.15, 0.2) is 5.84 Å². The number of sulfone groups is 1. The van der Waals surface area contributed by atoms with Crippen LogP contribution < -0.4 is 5.73 Å². The third-order valence-electron chi connectivity index (χ3n) is 2.31. The molecule has 0 saturated heterocycles. The molecule has 19 heavy (non-hydrogen) atoms. The second-order valence-electron chi connectivity index (χ2n) is 3.97. The molecule has 0 unspecified atom stereocenters. The lowest BCUT2D eigenvalue weighted by atomic mass is 10.1. The van der Waals surface area contributed by atoms with Crippen LogP contribution in [0.15, 0.2) is 23.4 Å². The van der Waals surface area contributed by atoms with Gasteiger partial charge in [0, 0.05) is 23.3 Å². The molecule has 1 aromatic carbocycles. The van der Waals surface area contributed by atoms with Crippen molar-refractivity contribution in [1.82, 2.24) is 0 Å². The van der Waals surface area contributed by atoms with Crippen molar-refractivity contribution in [1.29, 1.82) is 0 Å². The zero-order valence-electron chi connectivity index (χ0n) is 10.3. The Morgan fingerprint density at radius 2 is 2.21 bits per heavy atom. The number of rotatable bonds is 6. The van der Waals surface area contributed by atoms with E-state index in [1.807, 2.05) is 0 Å². The fourth-order valence-electron chi connectivity index (χ4n) is 1.36.